The van der Waals surface area contributed by atoms with Gasteiger partial charge in [-0.15, -0.1) is 5.10 Å². The molecule has 9 heteroatoms. The summed E-state index contributed by atoms with van der Waals surface area (Å²) in [6, 6.07) is 7.43. The zero-order valence-corrected chi connectivity index (χ0v) is 24.8. The normalized spacial score (nSPS) is 15.3. The third kappa shape index (κ3) is 5.57. The van der Waals surface area contributed by atoms with Crippen LogP contribution in [0.5, 0.6) is 0 Å². The van der Waals surface area contributed by atoms with Crippen molar-refractivity contribution in [3.8, 4) is 0 Å². The molecule has 0 radical (unpaired) electrons. The molecule has 0 saturated carbocycles. The van der Waals surface area contributed by atoms with E-state index in [4.69, 9.17) is 19.2 Å². The van der Waals surface area contributed by atoms with E-state index in [0.29, 0.717) is 32.7 Å². The van der Waals surface area contributed by atoms with Crippen molar-refractivity contribution in [2.45, 2.75) is 65.3 Å². The number of morpholine rings is 1. The van der Waals surface area contributed by atoms with E-state index in [1.54, 1.807) is 6.07 Å². The summed E-state index contributed by atoms with van der Waals surface area (Å²) in [6.45, 7) is 16.7. The first-order valence-corrected chi connectivity index (χ1v) is 16.3. The molecule has 1 fully saturated rings. The zero-order chi connectivity index (χ0) is 25.4. The Morgan fingerprint density at radius 1 is 1.20 bits per heavy atom. The Bertz CT molecular complexity index is 1200. The van der Waals surface area contributed by atoms with Gasteiger partial charge < -0.3 is 14.1 Å². The van der Waals surface area contributed by atoms with Gasteiger partial charge in [-0.1, -0.05) is 39.8 Å². The molecule has 35 heavy (non-hydrogen) atoms. The number of rotatable bonds is 7. The van der Waals surface area contributed by atoms with Gasteiger partial charge in [-0.25, -0.2) is 13.9 Å². The number of imidazole rings is 1. The summed E-state index contributed by atoms with van der Waals surface area (Å²) in [6.07, 6.45) is 1.19. The molecule has 3 aromatic rings. The Morgan fingerprint density at radius 3 is 2.57 bits per heavy atom. The van der Waals surface area contributed by atoms with E-state index in [2.05, 4.69) is 67.4 Å². The maximum Gasteiger partial charge on any atom is 0.192 e. The molecule has 0 atom stereocenters. The predicted molar refractivity (Wildman–Crippen MR) is 149 cm³/mol. The van der Waals surface area contributed by atoms with Crippen LogP contribution in [0.15, 0.2) is 24.3 Å². The van der Waals surface area contributed by atoms with Crippen LogP contribution in [0, 0.1) is 9.39 Å². The fraction of sp³-hybridized carbons (Fsp3) is 0.538. The summed E-state index contributed by atoms with van der Waals surface area (Å²) >= 11 is 2.34. The largest absolute Gasteiger partial charge is 0.411 e. The Hall–Kier alpha value is -1.56. The van der Waals surface area contributed by atoms with E-state index in [9.17, 15) is 4.39 Å². The number of hydrogen-bond acceptors (Lipinski definition) is 5. The van der Waals surface area contributed by atoms with Crippen molar-refractivity contribution >= 4 is 42.4 Å². The fourth-order valence-corrected chi connectivity index (χ4v) is 5.67. The summed E-state index contributed by atoms with van der Waals surface area (Å²) in [4.78, 5) is 7.26. The standard InChI is InChI=1S/C26H36FIN4O2Si/c1-7-19-18(9-8-10-20(19)27)15-23-22(17-34-35(5,6)26(2,3)4)29-25-21(28)16-24(30-32(23)25)31-11-13-33-14-12-31/h8-10,16H,7,11-15,17H2,1-6H3. The minimum Gasteiger partial charge on any atom is -0.411 e. The molecule has 190 valence electrons. The lowest BCUT2D eigenvalue weighted by atomic mass is 10.00. The van der Waals surface area contributed by atoms with E-state index in [1.807, 2.05) is 17.5 Å². The Morgan fingerprint density at radius 2 is 1.91 bits per heavy atom. The van der Waals surface area contributed by atoms with Crippen molar-refractivity contribution in [1.29, 1.82) is 0 Å². The van der Waals surface area contributed by atoms with Gasteiger partial charge in [0.2, 0.25) is 0 Å². The number of halogens is 2. The van der Waals surface area contributed by atoms with Gasteiger partial charge in [0.1, 0.15) is 5.82 Å². The highest BCUT2D eigenvalue weighted by atomic mass is 127. The number of ether oxygens (including phenoxy) is 1. The summed E-state index contributed by atoms with van der Waals surface area (Å²) < 4.78 is 29.7. The van der Waals surface area contributed by atoms with E-state index >= 15 is 0 Å². The van der Waals surface area contributed by atoms with Crippen molar-refractivity contribution in [3.63, 3.8) is 0 Å². The van der Waals surface area contributed by atoms with Crippen LogP contribution in [0.1, 0.15) is 50.2 Å². The van der Waals surface area contributed by atoms with Gasteiger partial charge in [-0.05, 0) is 70.4 Å². The van der Waals surface area contributed by atoms with Crippen LogP contribution < -0.4 is 4.90 Å². The van der Waals surface area contributed by atoms with Crippen molar-refractivity contribution in [3.05, 3.63) is 56.2 Å². The minimum absolute atomic E-state index is 0.0977. The summed E-state index contributed by atoms with van der Waals surface area (Å²) in [5, 5.41) is 5.13. The summed E-state index contributed by atoms with van der Waals surface area (Å²) in [5.74, 6) is 0.755. The number of aromatic nitrogens is 3. The molecule has 1 aromatic carbocycles. The lowest BCUT2D eigenvalue weighted by Gasteiger charge is -2.36. The monoisotopic (exact) mass is 610 g/mol. The van der Waals surface area contributed by atoms with Crippen LogP contribution in [0.3, 0.4) is 0 Å². The molecule has 0 N–H and O–H groups in total. The second-order valence-corrected chi connectivity index (χ2v) is 16.6. The Balaban J connectivity index is 1.81. The molecule has 0 amide bonds. The minimum atomic E-state index is -1.98. The van der Waals surface area contributed by atoms with Crippen LogP contribution in [0.25, 0.3) is 5.65 Å². The molecule has 1 aliphatic rings. The van der Waals surface area contributed by atoms with Crippen LogP contribution >= 0.6 is 22.6 Å². The lowest BCUT2D eigenvalue weighted by Crippen LogP contribution is -2.40. The maximum absolute atomic E-state index is 14.6. The van der Waals surface area contributed by atoms with Crippen molar-refractivity contribution in [2.75, 3.05) is 31.2 Å². The average molecular weight is 611 g/mol. The van der Waals surface area contributed by atoms with Crippen LogP contribution in [0.4, 0.5) is 10.2 Å². The van der Waals surface area contributed by atoms with Crippen LogP contribution in [-0.4, -0.2) is 49.2 Å². The fourth-order valence-electron chi connectivity index (χ4n) is 4.11. The molecule has 6 nitrogen and oxygen atoms in total. The highest BCUT2D eigenvalue weighted by Crippen LogP contribution is 2.37. The Labute approximate surface area is 222 Å². The Kier molecular flexibility index (Phi) is 7.90. The molecular weight excluding hydrogens is 574 g/mol. The summed E-state index contributed by atoms with van der Waals surface area (Å²) in [5.41, 5.74) is 4.38. The lowest BCUT2D eigenvalue weighted by molar-refractivity contribution is 0.122. The van der Waals surface area contributed by atoms with Gasteiger partial charge in [0.05, 0.1) is 34.8 Å². The molecule has 0 unspecified atom stereocenters. The average Bonchev–Trinajstić information content (AvgIpc) is 3.16. The molecular formula is C26H36FIN4O2Si. The van der Waals surface area contributed by atoms with Crippen LogP contribution in [-0.2, 0) is 28.6 Å². The molecule has 2 aromatic heterocycles. The maximum atomic E-state index is 14.6. The number of nitrogens with zero attached hydrogens (tertiary/aromatic N) is 4. The van der Waals surface area contributed by atoms with Gasteiger partial charge in [0, 0.05) is 19.5 Å². The third-order valence-corrected chi connectivity index (χ3v) is 12.6. The molecule has 4 rings (SSSR count). The molecule has 1 saturated heterocycles. The second-order valence-electron chi connectivity index (χ2n) is 10.6. The van der Waals surface area contributed by atoms with Gasteiger partial charge in [-0.3, -0.25) is 0 Å². The summed E-state index contributed by atoms with van der Waals surface area (Å²) in [7, 11) is -1.98. The number of fused-ring (bicyclic) bond motifs is 1. The van der Waals surface area contributed by atoms with Crippen molar-refractivity contribution < 1.29 is 13.6 Å². The molecule has 1 aliphatic heterocycles. The van der Waals surface area contributed by atoms with E-state index in [0.717, 1.165) is 50.6 Å². The highest BCUT2D eigenvalue weighted by Gasteiger charge is 2.37. The SMILES string of the molecule is CCc1c(F)cccc1Cc1c(CO[Si](C)(C)C(C)(C)C)nc2c(I)cc(N3CCOCC3)nn12. The van der Waals surface area contributed by atoms with E-state index in [1.165, 1.54) is 6.07 Å². The topological polar surface area (TPSA) is 51.9 Å². The highest BCUT2D eigenvalue weighted by molar-refractivity contribution is 14.1. The van der Waals surface area contributed by atoms with E-state index < -0.39 is 8.32 Å². The predicted octanol–water partition coefficient (Wildman–Crippen LogP) is 5.98. The van der Waals surface area contributed by atoms with Gasteiger partial charge >= 0.3 is 0 Å². The second kappa shape index (κ2) is 10.4. The van der Waals surface area contributed by atoms with Crippen molar-refractivity contribution in [1.82, 2.24) is 14.6 Å². The zero-order valence-electron chi connectivity index (χ0n) is 21.6. The first kappa shape index (κ1) is 26.5. The van der Waals surface area contributed by atoms with Gasteiger partial charge in [-0.2, -0.15) is 0 Å². The number of benzene rings is 1. The number of hydrogen-bond donors (Lipinski definition) is 0. The van der Waals surface area contributed by atoms with Crippen LogP contribution in [0.2, 0.25) is 18.1 Å². The molecule has 0 spiro atoms. The molecule has 0 aliphatic carbocycles. The molecule has 3 heterocycles. The van der Waals surface area contributed by atoms with Gasteiger partial charge in [0.25, 0.3) is 0 Å². The quantitative estimate of drug-likeness (QED) is 0.243. The first-order chi connectivity index (χ1) is 16.5. The first-order valence-electron chi connectivity index (χ1n) is 12.3. The number of anilines is 1. The smallest absolute Gasteiger partial charge is 0.192 e. The van der Waals surface area contributed by atoms with E-state index in [-0.39, 0.29) is 10.9 Å². The third-order valence-electron chi connectivity index (χ3n) is 7.34. The van der Waals surface area contributed by atoms with Gasteiger partial charge in [0.15, 0.2) is 19.8 Å². The van der Waals surface area contributed by atoms with Crippen molar-refractivity contribution in [2.24, 2.45) is 0 Å². The molecule has 0 bridgehead atoms.